The molecule has 0 radical (unpaired) electrons. The Morgan fingerprint density at radius 3 is 1.08 bits per heavy atom. The Bertz CT molecular complexity index is 154. The van der Waals surface area contributed by atoms with E-state index in [4.69, 9.17) is 24.9 Å². The normalized spacial score (nSPS) is 6.23. The molecular formula is C4H11NO8. The average molecular weight is 201 g/mol. The lowest BCUT2D eigenvalue weighted by molar-refractivity contribution is -0.159. The van der Waals surface area contributed by atoms with Crippen LogP contribution >= 0.6 is 0 Å². The molecule has 9 nitrogen and oxygen atoms in total. The van der Waals surface area contributed by atoms with Crippen LogP contribution in [0.4, 0.5) is 0 Å². The van der Waals surface area contributed by atoms with Crippen molar-refractivity contribution in [1.82, 2.24) is 0 Å². The van der Waals surface area contributed by atoms with Crippen LogP contribution in [0.25, 0.3) is 0 Å². The fourth-order valence-corrected chi connectivity index (χ4v) is 0. The number of hydrogen-bond donors (Lipinski definition) is 4. The van der Waals surface area contributed by atoms with Gasteiger partial charge in [-0.15, -0.1) is 0 Å². The number of carbonyl (C=O) groups is 3. The van der Waals surface area contributed by atoms with Crippen LogP contribution < -0.4 is 5.73 Å². The van der Waals surface area contributed by atoms with Crippen molar-refractivity contribution < 1.29 is 40.7 Å². The van der Waals surface area contributed by atoms with E-state index in [0.717, 1.165) is 0 Å². The van der Waals surface area contributed by atoms with Gasteiger partial charge in [-0.2, -0.15) is 0 Å². The molecule has 0 aliphatic heterocycles. The van der Waals surface area contributed by atoms with Gasteiger partial charge in [-0.1, -0.05) is 0 Å². The molecule has 9 heteroatoms. The van der Waals surface area contributed by atoms with Gasteiger partial charge >= 0.3 is 17.9 Å². The minimum atomic E-state index is -1.82. The molecule has 0 aromatic heterocycles. The van der Waals surface area contributed by atoms with Gasteiger partial charge in [0.25, 0.3) is 0 Å². The van der Waals surface area contributed by atoms with Gasteiger partial charge in [-0.25, -0.2) is 9.59 Å². The first kappa shape index (κ1) is 22.5. The predicted octanol–water partition coefficient (Wildman–Crippen LogP) is -3.46. The zero-order valence-corrected chi connectivity index (χ0v) is 6.35. The van der Waals surface area contributed by atoms with Gasteiger partial charge in [0.15, 0.2) is 0 Å². The molecule has 0 bridgehead atoms. The van der Waals surface area contributed by atoms with Crippen LogP contribution in [0, 0.1) is 0 Å². The number of carboxylic acids is 3. The van der Waals surface area contributed by atoms with E-state index in [1.54, 1.807) is 0 Å². The second kappa shape index (κ2) is 12.9. The SMILES string of the molecule is NCC(=O)O.O.O.O=C(O)C(=O)O. The van der Waals surface area contributed by atoms with Crippen LogP contribution in [0.3, 0.4) is 0 Å². The lowest BCUT2D eigenvalue weighted by Gasteiger charge is -1.73. The zero-order valence-electron chi connectivity index (χ0n) is 6.35. The summed E-state index contributed by atoms with van der Waals surface area (Å²) in [5.74, 6) is -4.62. The smallest absolute Gasteiger partial charge is 0.414 e. The first-order valence-corrected chi connectivity index (χ1v) is 2.29. The van der Waals surface area contributed by atoms with Crippen molar-refractivity contribution in [3.05, 3.63) is 0 Å². The Labute approximate surface area is 72.0 Å². The van der Waals surface area contributed by atoms with E-state index in [1.807, 2.05) is 0 Å². The molecule has 0 atom stereocenters. The first-order chi connectivity index (χ1) is 4.91. The molecule has 0 unspecified atom stereocenters. The number of hydrogen-bond acceptors (Lipinski definition) is 4. The number of carboxylic acid groups (broad SMARTS) is 3. The molecule has 0 aliphatic carbocycles. The van der Waals surface area contributed by atoms with Gasteiger partial charge < -0.3 is 32.0 Å². The van der Waals surface area contributed by atoms with E-state index in [9.17, 15) is 4.79 Å². The fraction of sp³-hybridized carbons (Fsp3) is 0.250. The summed E-state index contributed by atoms with van der Waals surface area (Å²) in [5.41, 5.74) is 4.57. The third-order valence-corrected chi connectivity index (χ3v) is 0.358. The van der Waals surface area contributed by atoms with Crippen LogP contribution in [0.5, 0.6) is 0 Å². The monoisotopic (exact) mass is 201 g/mol. The molecule has 9 N–H and O–H groups in total. The summed E-state index contributed by atoms with van der Waals surface area (Å²) in [5, 5.41) is 22.4. The zero-order chi connectivity index (χ0) is 9.44. The minimum absolute atomic E-state index is 0. The Morgan fingerprint density at radius 1 is 0.923 bits per heavy atom. The Morgan fingerprint density at radius 2 is 1.08 bits per heavy atom. The van der Waals surface area contributed by atoms with Crippen molar-refractivity contribution in [2.45, 2.75) is 0 Å². The molecule has 0 heterocycles. The van der Waals surface area contributed by atoms with Crippen molar-refractivity contribution in [2.24, 2.45) is 5.73 Å². The lowest BCUT2D eigenvalue weighted by atomic mass is 10.7. The molecule has 13 heavy (non-hydrogen) atoms. The summed E-state index contributed by atoms with van der Waals surface area (Å²) in [6.45, 7) is -0.278. The summed E-state index contributed by atoms with van der Waals surface area (Å²) in [4.78, 5) is 27.4. The van der Waals surface area contributed by atoms with E-state index in [-0.39, 0.29) is 17.5 Å². The van der Waals surface area contributed by atoms with Gasteiger partial charge in [0.1, 0.15) is 0 Å². The molecule has 0 amide bonds. The van der Waals surface area contributed by atoms with Crippen molar-refractivity contribution in [3.63, 3.8) is 0 Å². The molecule has 80 valence electrons. The highest BCUT2D eigenvalue weighted by atomic mass is 16.4. The fourth-order valence-electron chi connectivity index (χ4n) is 0. The number of rotatable bonds is 1. The van der Waals surface area contributed by atoms with E-state index in [0.29, 0.717) is 0 Å². The highest BCUT2D eigenvalue weighted by Gasteiger charge is 2.04. The van der Waals surface area contributed by atoms with Crippen molar-refractivity contribution in [3.8, 4) is 0 Å². The Balaban J connectivity index is -0.0000000546. The summed E-state index contributed by atoms with van der Waals surface area (Å²) < 4.78 is 0. The van der Waals surface area contributed by atoms with Crippen molar-refractivity contribution >= 4 is 17.9 Å². The van der Waals surface area contributed by atoms with Crippen LogP contribution in [0.15, 0.2) is 0 Å². The second-order valence-electron chi connectivity index (χ2n) is 1.21. The minimum Gasteiger partial charge on any atom is -0.480 e. The van der Waals surface area contributed by atoms with Crippen LogP contribution in [0.2, 0.25) is 0 Å². The predicted molar refractivity (Wildman–Crippen MR) is 39.2 cm³/mol. The quantitative estimate of drug-likeness (QED) is 0.315. The van der Waals surface area contributed by atoms with Crippen LogP contribution in [-0.2, 0) is 14.4 Å². The highest BCUT2D eigenvalue weighted by molar-refractivity contribution is 6.27. The topological polar surface area (TPSA) is 201 Å². The standard InChI is InChI=1S/C2H5NO2.C2H2O4.2H2O/c3-1-2(4)5;3-1(4)2(5)6;;/h1,3H2,(H,4,5);(H,3,4)(H,5,6);2*1H2. The lowest BCUT2D eigenvalue weighted by Crippen LogP contribution is -2.10. The summed E-state index contributed by atoms with van der Waals surface area (Å²) >= 11 is 0. The van der Waals surface area contributed by atoms with E-state index in [1.165, 1.54) is 0 Å². The maximum absolute atomic E-state index is 9.24. The molecule has 0 aromatic rings. The van der Waals surface area contributed by atoms with Gasteiger partial charge in [0.2, 0.25) is 0 Å². The molecular weight excluding hydrogens is 190 g/mol. The molecule has 0 aromatic carbocycles. The van der Waals surface area contributed by atoms with Crippen molar-refractivity contribution in [1.29, 1.82) is 0 Å². The van der Waals surface area contributed by atoms with Crippen LogP contribution in [0.1, 0.15) is 0 Å². The molecule has 0 aliphatic rings. The molecule has 0 saturated heterocycles. The Kier molecular flexibility index (Phi) is 22.4. The highest BCUT2D eigenvalue weighted by Crippen LogP contribution is 1.56. The molecule has 0 rings (SSSR count). The van der Waals surface area contributed by atoms with Gasteiger partial charge in [-0.3, -0.25) is 4.79 Å². The number of nitrogens with two attached hydrogens (primary N) is 1. The van der Waals surface area contributed by atoms with Gasteiger partial charge in [-0.05, 0) is 0 Å². The molecule has 0 spiro atoms. The van der Waals surface area contributed by atoms with Gasteiger partial charge in [0, 0.05) is 0 Å². The number of aliphatic carboxylic acids is 3. The Hall–Kier alpha value is -1.71. The van der Waals surface area contributed by atoms with E-state index < -0.39 is 17.9 Å². The molecule has 0 saturated carbocycles. The van der Waals surface area contributed by atoms with Crippen molar-refractivity contribution in [2.75, 3.05) is 6.54 Å². The third kappa shape index (κ3) is 38.4. The maximum Gasteiger partial charge on any atom is 0.414 e. The summed E-state index contributed by atoms with van der Waals surface area (Å²) in [7, 11) is 0. The summed E-state index contributed by atoms with van der Waals surface area (Å²) in [6.07, 6.45) is 0. The molecule has 0 fully saturated rings. The third-order valence-electron chi connectivity index (χ3n) is 0.358. The van der Waals surface area contributed by atoms with E-state index in [2.05, 4.69) is 5.73 Å². The van der Waals surface area contributed by atoms with Gasteiger partial charge in [0.05, 0.1) is 6.54 Å². The van der Waals surface area contributed by atoms with Crippen LogP contribution in [-0.4, -0.2) is 50.7 Å². The van der Waals surface area contributed by atoms with E-state index >= 15 is 0 Å². The second-order valence-corrected chi connectivity index (χ2v) is 1.21. The summed E-state index contributed by atoms with van der Waals surface area (Å²) in [6, 6.07) is 0. The maximum atomic E-state index is 9.24. The largest absolute Gasteiger partial charge is 0.480 e. The first-order valence-electron chi connectivity index (χ1n) is 2.29. The average Bonchev–Trinajstić information content (AvgIpc) is 1.89.